The molecule has 0 saturated carbocycles. The number of nitrogens with zero attached hydrogens (tertiary/aromatic N) is 1. The second kappa shape index (κ2) is 5.71. The highest BCUT2D eigenvalue weighted by Gasteiger charge is 2.15. The normalized spacial score (nSPS) is 10.2. The number of carbonyl (C=O) groups is 1. The Morgan fingerprint density at radius 3 is 2.89 bits per heavy atom. The van der Waals surface area contributed by atoms with Crippen molar-refractivity contribution in [3.63, 3.8) is 0 Å². The molecule has 0 aliphatic rings. The number of carboxylic acid groups (broad SMARTS) is 1. The van der Waals surface area contributed by atoms with E-state index in [2.05, 4.69) is 4.98 Å². The lowest BCUT2D eigenvalue weighted by Gasteiger charge is -2.05. The molecular weight excluding hydrogens is 269 g/mol. The Bertz CT molecular complexity index is 619. The minimum absolute atomic E-state index is 0.0214. The Balaban J connectivity index is 2.33. The van der Waals surface area contributed by atoms with Crippen LogP contribution in [0.5, 0.6) is 5.75 Å². The Morgan fingerprint density at radius 1 is 1.42 bits per heavy atom. The molecule has 0 fully saturated rings. The second-order valence-corrected chi connectivity index (χ2v) is 4.63. The summed E-state index contributed by atoms with van der Waals surface area (Å²) >= 11 is 1.05. The smallest absolute Gasteiger partial charge is 0.338 e. The Morgan fingerprint density at radius 2 is 2.21 bits per heavy atom. The van der Waals surface area contributed by atoms with Crippen molar-refractivity contribution in [2.45, 2.75) is 9.92 Å². The number of aromatic nitrogens is 1. The summed E-state index contributed by atoms with van der Waals surface area (Å²) in [5, 5.41) is 8.86. The van der Waals surface area contributed by atoms with Gasteiger partial charge in [0.1, 0.15) is 10.8 Å². The maximum atomic E-state index is 13.9. The molecule has 6 heteroatoms. The van der Waals surface area contributed by atoms with Crippen molar-refractivity contribution in [1.82, 2.24) is 4.98 Å². The number of methoxy groups -OCH3 is 1. The third kappa shape index (κ3) is 3.03. The average Bonchev–Trinajstić information content (AvgIpc) is 2.41. The molecule has 98 valence electrons. The molecule has 0 spiro atoms. The molecule has 4 nitrogen and oxygen atoms in total. The van der Waals surface area contributed by atoms with Crippen molar-refractivity contribution in [1.29, 1.82) is 0 Å². The zero-order valence-corrected chi connectivity index (χ0v) is 10.8. The molecule has 1 heterocycles. The van der Waals surface area contributed by atoms with E-state index in [-0.39, 0.29) is 10.6 Å². The van der Waals surface area contributed by atoms with Crippen LogP contribution in [0.4, 0.5) is 4.39 Å². The maximum Gasteiger partial charge on any atom is 0.338 e. The van der Waals surface area contributed by atoms with Gasteiger partial charge in [-0.1, -0.05) is 17.8 Å². The molecule has 0 radical (unpaired) electrons. The van der Waals surface area contributed by atoms with E-state index in [1.54, 1.807) is 24.3 Å². The topological polar surface area (TPSA) is 59.4 Å². The van der Waals surface area contributed by atoms with Crippen molar-refractivity contribution in [2.24, 2.45) is 0 Å². The molecule has 0 amide bonds. The molecule has 1 N–H and O–H groups in total. The number of aromatic carboxylic acids is 1. The summed E-state index contributed by atoms with van der Waals surface area (Å²) in [6.07, 6.45) is 1.27. The van der Waals surface area contributed by atoms with Gasteiger partial charge in [-0.25, -0.2) is 14.2 Å². The zero-order valence-electron chi connectivity index (χ0n) is 9.96. The van der Waals surface area contributed by atoms with Crippen LogP contribution in [-0.4, -0.2) is 23.2 Å². The monoisotopic (exact) mass is 279 g/mol. The molecule has 0 atom stereocenters. The van der Waals surface area contributed by atoms with Crippen molar-refractivity contribution in [3.05, 3.63) is 47.9 Å². The van der Waals surface area contributed by atoms with E-state index in [4.69, 9.17) is 9.84 Å². The van der Waals surface area contributed by atoms with Crippen LogP contribution >= 0.6 is 11.8 Å². The van der Waals surface area contributed by atoms with Crippen LogP contribution in [0.1, 0.15) is 10.4 Å². The van der Waals surface area contributed by atoms with Crippen LogP contribution in [0.3, 0.4) is 0 Å². The van der Waals surface area contributed by atoms with Crippen LogP contribution in [0.25, 0.3) is 0 Å². The van der Waals surface area contributed by atoms with Gasteiger partial charge < -0.3 is 9.84 Å². The summed E-state index contributed by atoms with van der Waals surface area (Å²) in [7, 11) is 1.54. The molecule has 0 saturated heterocycles. The molecule has 1 aromatic carbocycles. The van der Waals surface area contributed by atoms with Crippen molar-refractivity contribution in [2.75, 3.05) is 7.11 Å². The minimum atomic E-state index is -1.31. The van der Waals surface area contributed by atoms with Crippen molar-refractivity contribution < 1.29 is 19.0 Å². The van der Waals surface area contributed by atoms with Gasteiger partial charge in [0.05, 0.1) is 12.7 Å². The zero-order chi connectivity index (χ0) is 13.8. The number of benzene rings is 1. The lowest BCUT2D eigenvalue weighted by Crippen LogP contribution is -2.02. The van der Waals surface area contributed by atoms with E-state index in [1.807, 2.05) is 0 Å². The Kier molecular flexibility index (Phi) is 4.01. The first kappa shape index (κ1) is 13.4. The number of halogens is 1. The van der Waals surface area contributed by atoms with E-state index in [9.17, 15) is 9.18 Å². The lowest BCUT2D eigenvalue weighted by atomic mass is 10.3. The SMILES string of the molecule is COc1cccc(Sc2nccc(C(=O)O)c2F)c1. The molecule has 0 bridgehead atoms. The fourth-order valence-corrected chi connectivity index (χ4v) is 2.30. The van der Waals surface area contributed by atoms with E-state index >= 15 is 0 Å². The summed E-state index contributed by atoms with van der Waals surface area (Å²) < 4.78 is 19.0. The molecule has 2 aromatic rings. The maximum absolute atomic E-state index is 13.9. The molecule has 19 heavy (non-hydrogen) atoms. The highest BCUT2D eigenvalue weighted by Crippen LogP contribution is 2.31. The van der Waals surface area contributed by atoms with Gasteiger partial charge in [0, 0.05) is 11.1 Å². The summed E-state index contributed by atoms with van der Waals surface area (Å²) in [4.78, 5) is 15.4. The van der Waals surface area contributed by atoms with Gasteiger partial charge >= 0.3 is 5.97 Å². The van der Waals surface area contributed by atoms with E-state index in [1.165, 1.54) is 13.3 Å². The molecule has 1 aromatic heterocycles. The van der Waals surface area contributed by atoms with Gasteiger partial charge in [-0.15, -0.1) is 0 Å². The Labute approximate surface area is 113 Å². The van der Waals surface area contributed by atoms with Crippen molar-refractivity contribution >= 4 is 17.7 Å². The Hall–Kier alpha value is -2.08. The molecule has 0 unspecified atom stereocenters. The number of pyridine rings is 1. The molecule has 2 rings (SSSR count). The number of rotatable bonds is 4. The fourth-order valence-electron chi connectivity index (χ4n) is 1.44. The van der Waals surface area contributed by atoms with Crippen LogP contribution in [0, 0.1) is 5.82 Å². The van der Waals surface area contributed by atoms with Gasteiger partial charge in [0.2, 0.25) is 0 Å². The summed E-state index contributed by atoms with van der Waals surface area (Å²) in [6.45, 7) is 0. The number of hydrogen-bond donors (Lipinski definition) is 1. The van der Waals surface area contributed by atoms with Crippen molar-refractivity contribution in [3.8, 4) is 5.75 Å². The van der Waals surface area contributed by atoms with Crippen LogP contribution in [0.15, 0.2) is 46.5 Å². The number of carboxylic acids is 1. The predicted molar refractivity (Wildman–Crippen MR) is 68.3 cm³/mol. The highest BCUT2D eigenvalue weighted by molar-refractivity contribution is 7.99. The third-order valence-corrected chi connectivity index (χ3v) is 3.31. The second-order valence-electron chi connectivity index (χ2n) is 3.56. The molecular formula is C13H10FNO3S. The summed E-state index contributed by atoms with van der Waals surface area (Å²) in [5.41, 5.74) is -0.389. The average molecular weight is 279 g/mol. The first-order valence-electron chi connectivity index (χ1n) is 5.31. The standard InChI is InChI=1S/C13H10FNO3S/c1-18-8-3-2-4-9(7-8)19-12-11(14)10(13(16)17)5-6-15-12/h2-7H,1H3,(H,16,17). The van der Waals surface area contributed by atoms with Gasteiger partial charge in [-0.05, 0) is 24.3 Å². The number of hydrogen-bond acceptors (Lipinski definition) is 4. The summed E-state index contributed by atoms with van der Waals surface area (Å²) in [5.74, 6) is -1.50. The van der Waals surface area contributed by atoms with Crippen LogP contribution in [0.2, 0.25) is 0 Å². The van der Waals surface area contributed by atoms with Crippen LogP contribution in [-0.2, 0) is 0 Å². The van der Waals surface area contributed by atoms with E-state index in [0.717, 1.165) is 17.8 Å². The number of ether oxygens (including phenoxy) is 1. The predicted octanol–water partition coefficient (Wildman–Crippen LogP) is 3.08. The van der Waals surface area contributed by atoms with Gasteiger partial charge in [-0.2, -0.15) is 0 Å². The van der Waals surface area contributed by atoms with Gasteiger partial charge in [0.15, 0.2) is 5.82 Å². The quantitative estimate of drug-likeness (QED) is 0.932. The first-order valence-corrected chi connectivity index (χ1v) is 6.13. The first-order chi connectivity index (χ1) is 9.11. The third-order valence-electron chi connectivity index (χ3n) is 2.34. The van der Waals surface area contributed by atoms with Gasteiger partial charge in [-0.3, -0.25) is 0 Å². The lowest BCUT2D eigenvalue weighted by molar-refractivity contribution is 0.0691. The van der Waals surface area contributed by atoms with E-state index in [0.29, 0.717) is 10.6 Å². The van der Waals surface area contributed by atoms with E-state index < -0.39 is 11.8 Å². The minimum Gasteiger partial charge on any atom is -0.497 e. The largest absolute Gasteiger partial charge is 0.497 e. The highest BCUT2D eigenvalue weighted by atomic mass is 32.2. The summed E-state index contributed by atoms with van der Waals surface area (Å²) in [6, 6.07) is 8.15. The van der Waals surface area contributed by atoms with Gasteiger partial charge in [0.25, 0.3) is 0 Å². The molecule has 0 aliphatic heterocycles. The van der Waals surface area contributed by atoms with Crippen LogP contribution < -0.4 is 4.74 Å². The molecule has 0 aliphatic carbocycles. The fraction of sp³-hybridized carbons (Fsp3) is 0.0769.